The minimum atomic E-state index is -1.62. The van der Waals surface area contributed by atoms with Crippen molar-refractivity contribution < 1.29 is 70.0 Å². The molecule has 10 N–H and O–H groups in total. The molecule has 14 nitrogen and oxygen atoms in total. The summed E-state index contributed by atoms with van der Waals surface area (Å²) in [5.74, 6) is -0.830. The van der Waals surface area contributed by atoms with Crippen molar-refractivity contribution in [1.29, 1.82) is 0 Å². The standard InChI is InChI=1S/C42H72O14/c1-20(2)10-9-13-41(7,56-37-35(52)33(50)31(48)24(19-44)54-37)21-11-15-40(6)29(21)22(45)16-26-39(5)14-12-27(46)38(3,4)25(39)17-28(42(26,40)8)55-36-34(51)32(49)30(47)23(18-43)53-36/h10,21-37,43-52H,9,11-19H2,1-8H3. The fourth-order valence-electron chi connectivity index (χ4n) is 13.3. The summed E-state index contributed by atoms with van der Waals surface area (Å²) in [6.45, 7) is 15.6. The maximum absolute atomic E-state index is 12.6. The summed E-state index contributed by atoms with van der Waals surface area (Å²) >= 11 is 0. The molecular weight excluding hydrogens is 728 g/mol. The summed E-state index contributed by atoms with van der Waals surface area (Å²) in [6.07, 6.45) is -9.79. The number of hydrogen-bond acceptors (Lipinski definition) is 14. The van der Waals surface area contributed by atoms with Crippen molar-refractivity contribution >= 4 is 0 Å². The first-order chi connectivity index (χ1) is 26.0. The number of hydrogen-bond donors (Lipinski definition) is 10. The van der Waals surface area contributed by atoms with Gasteiger partial charge in [-0.1, -0.05) is 46.3 Å². The van der Waals surface area contributed by atoms with E-state index in [-0.39, 0.29) is 29.1 Å². The Hall–Kier alpha value is -0.820. The Morgan fingerprint density at radius 3 is 1.88 bits per heavy atom. The van der Waals surface area contributed by atoms with Crippen molar-refractivity contribution in [2.24, 2.45) is 45.3 Å². The van der Waals surface area contributed by atoms with E-state index in [1.807, 2.05) is 20.8 Å². The summed E-state index contributed by atoms with van der Waals surface area (Å²) < 4.78 is 25.6. The fraction of sp³-hybridized carbons (Fsp3) is 0.952. The lowest BCUT2D eigenvalue weighted by atomic mass is 9.34. The Balaban J connectivity index is 1.42. The monoisotopic (exact) mass is 800 g/mol. The van der Waals surface area contributed by atoms with Crippen LogP contribution >= 0.6 is 0 Å². The van der Waals surface area contributed by atoms with Crippen molar-refractivity contribution in [2.45, 2.75) is 192 Å². The summed E-state index contributed by atoms with van der Waals surface area (Å²) in [4.78, 5) is 0. The molecule has 4 aliphatic carbocycles. The van der Waals surface area contributed by atoms with Crippen molar-refractivity contribution in [1.82, 2.24) is 0 Å². The molecule has 0 aromatic heterocycles. The maximum Gasteiger partial charge on any atom is 0.187 e. The molecule has 0 spiro atoms. The molecule has 0 aromatic rings. The molecule has 6 aliphatic rings. The number of ether oxygens (including phenoxy) is 4. The molecule has 0 radical (unpaired) electrons. The van der Waals surface area contributed by atoms with E-state index in [9.17, 15) is 51.1 Å². The van der Waals surface area contributed by atoms with Crippen molar-refractivity contribution in [3.05, 3.63) is 11.6 Å². The van der Waals surface area contributed by atoms with Gasteiger partial charge in [0.1, 0.15) is 48.8 Å². The smallest absolute Gasteiger partial charge is 0.187 e. The van der Waals surface area contributed by atoms with E-state index in [4.69, 9.17) is 18.9 Å². The normalized spacial score (nSPS) is 52.6. The third-order valence-corrected chi connectivity index (χ3v) is 16.8. The number of allylic oxidation sites excluding steroid dienone is 2. The van der Waals surface area contributed by atoms with Gasteiger partial charge in [-0.2, -0.15) is 0 Å². The average Bonchev–Trinajstić information content (AvgIpc) is 3.52. The quantitative estimate of drug-likeness (QED) is 0.110. The van der Waals surface area contributed by atoms with Gasteiger partial charge in [-0.25, -0.2) is 0 Å². The minimum absolute atomic E-state index is 0.0554. The zero-order chi connectivity index (χ0) is 41.5. The first-order valence-electron chi connectivity index (χ1n) is 21.0. The Labute approximate surface area is 331 Å². The van der Waals surface area contributed by atoms with Crippen molar-refractivity contribution in [3.63, 3.8) is 0 Å². The highest BCUT2D eigenvalue weighted by Gasteiger charge is 2.75. The van der Waals surface area contributed by atoms with Gasteiger partial charge in [0.05, 0.1) is 37.1 Å². The largest absolute Gasteiger partial charge is 0.394 e. The van der Waals surface area contributed by atoms with Gasteiger partial charge in [0, 0.05) is 5.41 Å². The SMILES string of the molecule is CC(C)=CCCC(C)(OC1OC(CO)C(O)C(O)C1O)C1CCC2(C)C1C(O)CC1C3(C)CCC(O)C(C)(C)C3CC(OC3OC(CO)C(O)C(O)C3O)C12C. The van der Waals surface area contributed by atoms with Crippen LogP contribution in [0.5, 0.6) is 0 Å². The van der Waals surface area contributed by atoms with Crippen LogP contribution in [0.4, 0.5) is 0 Å². The average molecular weight is 801 g/mol. The number of aliphatic hydroxyl groups excluding tert-OH is 10. The summed E-state index contributed by atoms with van der Waals surface area (Å²) in [5.41, 5.74) is -2.06. The molecule has 21 atom stereocenters. The molecule has 0 aromatic carbocycles. The molecule has 6 fully saturated rings. The maximum atomic E-state index is 12.6. The molecule has 14 heteroatoms. The van der Waals surface area contributed by atoms with Crippen LogP contribution in [0.1, 0.15) is 107 Å². The Morgan fingerprint density at radius 2 is 1.30 bits per heavy atom. The van der Waals surface area contributed by atoms with Crippen LogP contribution in [0, 0.1) is 45.3 Å². The summed E-state index contributed by atoms with van der Waals surface area (Å²) in [5, 5.41) is 109. The van der Waals surface area contributed by atoms with E-state index in [1.165, 1.54) is 0 Å². The lowest BCUT2D eigenvalue weighted by molar-refractivity contribution is -0.357. The highest BCUT2D eigenvalue weighted by molar-refractivity contribution is 5.23. The molecular formula is C42H72O14. The third-order valence-electron chi connectivity index (χ3n) is 16.8. The molecule has 2 heterocycles. The second kappa shape index (κ2) is 15.9. The lowest BCUT2D eigenvalue weighted by Crippen LogP contribution is -2.72. The number of aliphatic hydroxyl groups is 10. The minimum Gasteiger partial charge on any atom is -0.394 e. The van der Waals surface area contributed by atoms with Crippen LogP contribution in [0.15, 0.2) is 11.6 Å². The highest BCUT2D eigenvalue weighted by Crippen LogP contribution is 2.76. The summed E-state index contributed by atoms with van der Waals surface area (Å²) in [7, 11) is 0. The molecule has 4 saturated carbocycles. The second-order valence-corrected chi connectivity index (χ2v) is 20.2. The Kier molecular flexibility index (Phi) is 12.7. The van der Waals surface area contributed by atoms with Crippen LogP contribution in [0.25, 0.3) is 0 Å². The van der Waals surface area contributed by atoms with E-state index in [0.29, 0.717) is 44.9 Å². The van der Waals surface area contributed by atoms with Gasteiger partial charge in [0.2, 0.25) is 0 Å². The second-order valence-electron chi connectivity index (χ2n) is 20.2. The van der Waals surface area contributed by atoms with Crippen LogP contribution in [0.2, 0.25) is 0 Å². The topological polar surface area (TPSA) is 239 Å². The molecule has 2 saturated heterocycles. The van der Waals surface area contributed by atoms with Crippen LogP contribution in [-0.4, -0.2) is 150 Å². The third kappa shape index (κ3) is 6.97. The van der Waals surface area contributed by atoms with Gasteiger partial charge in [0.15, 0.2) is 12.6 Å². The first-order valence-corrected chi connectivity index (χ1v) is 21.0. The fourth-order valence-corrected chi connectivity index (χ4v) is 13.3. The molecule has 0 amide bonds. The van der Waals surface area contributed by atoms with Crippen molar-refractivity contribution in [3.8, 4) is 0 Å². The molecule has 2 aliphatic heterocycles. The van der Waals surface area contributed by atoms with E-state index in [2.05, 4.69) is 40.7 Å². The van der Waals surface area contributed by atoms with Crippen molar-refractivity contribution in [2.75, 3.05) is 13.2 Å². The predicted octanol–water partition coefficient (Wildman–Crippen LogP) is 1.12. The molecule has 0 bridgehead atoms. The van der Waals surface area contributed by atoms with Gasteiger partial charge in [-0.3, -0.25) is 0 Å². The molecule has 21 unspecified atom stereocenters. The molecule has 6 rings (SSSR count). The van der Waals surface area contributed by atoms with Gasteiger partial charge in [-0.15, -0.1) is 0 Å². The van der Waals surface area contributed by atoms with Gasteiger partial charge >= 0.3 is 0 Å². The molecule has 324 valence electrons. The van der Waals surface area contributed by atoms with E-state index in [1.54, 1.807) is 0 Å². The number of fused-ring (bicyclic) bond motifs is 5. The van der Waals surface area contributed by atoms with Gasteiger partial charge in [0.25, 0.3) is 0 Å². The molecule has 56 heavy (non-hydrogen) atoms. The first kappa shape index (κ1) is 44.7. The van der Waals surface area contributed by atoms with E-state index in [0.717, 1.165) is 12.0 Å². The number of rotatable bonds is 10. The van der Waals surface area contributed by atoms with Crippen LogP contribution in [0.3, 0.4) is 0 Å². The zero-order valence-corrected chi connectivity index (χ0v) is 34.6. The predicted molar refractivity (Wildman–Crippen MR) is 202 cm³/mol. The summed E-state index contributed by atoms with van der Waals surface area (Å²) in [6, 6.07) is 0. The highest BCUT2D eigenvalue weighted by atomic mass is 16.7. The Bertz CT molecular complexity index is 1400. The van der Waals surface area contributed by atoms with Gasteiger partial charge in [-0.05, 0) is 112 Å². The van der Waals surface area contributed by atoms with E-state index >= 15 is 0 Å². The Morgan fingerprint density at radius 1 is 0.732 bits per heavy atom. The zero-order valence-electron chi connectivity index (χ0n) is 34.6. The van der Waals surface area contributed by atoms with E-state index < -0.39 is 115 Å². The lowest BCUT2D eigenvalue weighted by Gasteiger charge is -2.72. The van der Waals surface area contributed by atoms with Crippen LogP contribution < -0.4 is 0 Å². The van der Waals surface area contributed by atoms with Crippen LogP contribution in [-0.2, 0) is 18.9 Å². The van der Waals surface area contributed by atoms with Gasteiger partial charge < -0.3 is 70.0 Å².